The molecule has 0 unspecified atom stereocenters. The molecular formula is C14H23N3. The van der Waals surface area contributed by atoms with Gasteiger partial charge in [-0.05, 0) is 36.8 Å². The van der Waals surface area contributed by atoms with Gasteiger partial charge >= 0.3 is 0 Å². The standard InChI is InChI=1S/C14H23N3/c1-11-8-13(16-9-12(11)15)17-10-14(2)6-4-3-5-7-14/h8-9H,3-7,10,15H2,1-2H3,(H,16,17). The SMILES string of the molecule is Cc1cc(NCC2(C)CCCCC2)ncc1N. The molecule has 3 N–H and O–H groups in total. The van der Waals surface area contributed by atoms with Crippen LogP contribution in [0, 0.1) is 12.3 Å². The van der Waals surface area contributed by atoms with Crippen molar-refractivity contribution in [3.8, 4) is 0 Å². The Hall–Kier alpha value is -1.25. The zero-order valence-corrected chi connectivity index (χ0v) is 10.9. The number of hydrogen-bond donors (Lipinski definition) is 2. The summed E-state index contributed by atoms with van der Waals surface area (Å²) in [7, 11) is 0. The van der Waals surface area contributed by atoms with Crippen LogP contribution < -0.4 is 11.1 Å². The van der Waals surface area contributed by atoms with Crippen LogP contribution >= 0.6 is 0 Å². The van der Waals surface area contributed by atoms with Gasteiger partial charge in [-0.3, -0.25) is 0 Å². The molecule has 1 aliphatic carbocycles. The molecule has 0 atom stereocenters. The molecular weight excluding hydrogens is 210 g/mol. The second kappa shape index (κ2) is 4.94. The van der Waals surface area contributed by atoms with E-state index in [1.807, 2.05) is 13.0 Å². The van der Waals surface area contributed by atoms with Gasteiger partial charge in [0.05, 0.1) is 11.9 Å². The third kappa shape index (κ3) is 3.11. The van der Waals surface area contributed by atoms with E-state index in [1.54, 1.807) is 6.20 Å². The molecule has 0 aromatic carbocycles. The Kier molecular flexibility index (Phi) is 3.55. The van der Waals surface area contributed by atoms with E-state index in [2.05, 4.69) is 17.2 Å². The average Bonchev–Trinajstić information content (AvgIpc) is 2.32. The van der Waals surface area contributed by atoms with Crippen LogP contribution in [0.1, 0.15) is 44.6 Å². The van der Waals surface area contributed by atoms with Crippen molar-refractivity contribution in [3.63, 3.8) is 0 Å². The van der Waals surface area contributed by atoms with Crippen molar-refractivity contribution in [1.82, 2.24) is 4.98 Å². The molecule has 3 nitrogen and oxygen atoms in total. The summed E-state index contributed by atoms with van der Waals surface area (Å²) in [5.41, 5.74) is 8.06. The minimum absolute atomic E-state index is 0.440. The number of rotatable bonds is 3. The molecule has 0 bridgehead atoms. The fraction of sp³-hybridized carbons (Fsp3) is 0.643. The zero-order valence-electron chi connectivity index (χ0n) is 10.9. The van der Waals surface area contributed by atoms with Gasteiger partial charge in [0.15, 0.2) is 0 Å². The highest BCUT2D eigenvalue weighted by Crippen LogP contribution is 2.35. The van der Waals surface area contributed by atoms with E-state index in [-0.39, 0.29) is 0 Å². The molecule has 0 aliphatic heterocycles. The van der Waals surface area contributed by atoms with Gasteiger partial charge in [0, 0.05) is 6.54 Å². The average molecular weight is 233 g/mol. The van der Waals surface area contributed by atoms with E-state index in [1.165, 1.54) is 32.1 Å². The molecule has 1 aromatic rings. The van der Waals surface area contributed by atoms with E-state index in [0.717, 1.165) is 23.6 Å². The van der Waals surface area contributed by atoms with Gasteiger partial charge in [-0.2, -0.15) is 0 Å². The summed E-state index contributed by atoms with van der Waals surface area (Å²) in [6.07, 6.45) is 8.52. The van der Waals surface area contributed by atoms with Crippen molar-refractivity contribution in [1.29, 1.82) is 0 Å². The molecule has 0 radical (unpaired) electrons. The van der Waals surface area contributed by atoms with Gasteiger partial charge < -0.3 is 11.1 Å². The molecule has 0 saturated heterocycles. The Labute approximate surface area is 104 Å². The summed E-state index contributed by atoms with van der Waals surface area (Å²) in [5, 5.41) is 3.46. The summed E-state index contributed by atoms with van der Waals surface area (Å²) in [6.45, 7) is 5.41. The van der Waals surface area contributed by atoms with Crippen LogP contribution in [0.3, 0.4) is 0 Å². The number of nitrogen functional groups attached to an aromatic ring is 1. The molecule has 1 aromatic heterocycles. The van der Waals surface area contributed by atoms with Crippen LogP contribution in [0.5, 0.6) is 0 Å². The summed E-state index contributed by atoms with van der Waals surface area (Å²) < 4.78 is 0. The number of hydrogen-bond acceptors (Lipinski definition) is 3. The van der Waals surface area contributed by atoms with Crippen molar-refractivity contribution in [2.24, 2.45) is 5.41 Å². The quantitative estimate of drug-likeness (QED) is 0.841. The first-order chi connectivity index (χ1) is 8.09. The maximum Gasteiger partial charge on any atom is 0.126 e. The van der Waals surface area contributed by atoms with Crippen LogP contribution in [0.15, 0.2) is 12.3 Å². The van der Waals surface area contributed by atoms with Crippen LogP contribution in [0.4, 0.5) is 11.5 Å². The van der Waals surface area contributed by atoms with Crippen molar-refractivity contribution in [2.75, 3.05) is 17.6 Å². The maximum absolute atomic E-state index is 5.76. The minimum atomic E-state index is 0.440. The van der Waals surface area contributed by atoms with Crippen molar-refractivity contribution < 1.29 is 0 Å². The van der Waals surface area contributed by atoms with E-state index in [9.17, 15) is 0 Å². The van der Waals surface area contributed by atoms with E-state index in [0.29, 0.717) is 5.41 Å². The maximum atomic E-state index is 5.76. The summed E-state index contributed by atoms with van der Waals surface area (Å²) in [5.74, 6) is 0.948. The van der Waals surface area contributed by atoms with E-state index in [4.69, 9.17) is 5.73 Å². The topological polar surface area (TPSA) is 50.9 Å². The van der Waals surface area contributed by atoms with Crippen LogP contribution in [0.2, 0.25) is 0 Å². The Morgan fingerprint density at radius 3 is 2.71 bits per heavy atom. The van der Waals surface area contributed by atoms with Crippen molar-refractivity contribution >= 4 is 11.5 Å². The Balaban J connectivity index is 1.94. The number of anilines is 2. The fourth-order valence-corrected chi connectivity index (χ4v) is 2.55. The number of pyridine rings is 1. The van der Waals surface area contributed by atoms with Crippen LogP contribution in [-0.4, -0.2) is 11.5 Å². The molecule has 1 saturated carbocycles. The lowest BCUT2D eigenvalue weighted by Crippen LogP contribution is -2.29. The molecule has 94 valence electrons. The van der Waals surface area contributed by atoms with Gasteiger partial charge in [0.2, 0.25) is 0 Å². The Morgan fingerprint density at radius 1 is 1.35 bits per heavy atom. The molecule has 17 heavy (non-hydrogen) atoms. The monoisotopic (exact) mass is 233 g/mol. The predicted molar refractivity (Wildman–Crippen MR) is 73.1 cm³/mol. The first kappa shape index (κ1) is 12.2. The molecule has 1 heterocycles. The normalized spacial score (nSPS) is 18.9. The lowest BCUT2D eigenvalue weighted by Gasteiger charge is -2.33. The number of nitrogens with one attached hydrogen (secondary N) is 1. The number of nitrogens with two attached hydrogens (primary N) is 1. The molecule has 0 spiro atoms. The number of nitrogens with zero attached hydrogens (tertiary/aromatic N) is 1. The highest BCUT2D eigenvalue weighted by atomic mass is 15.0. The van der Waals surface area contributed by atoms with Gasteiger partial charge in [-0.1, -0.05) is 26.2 Å². The predicted octanol–water partition coefficient (Wildman–Crippen LogP) is 3.35. The third-order valence-electron chi connectivity index (χ3n) is 3.91. The van der Waals surface area contributed by atoms with Gasteiger partial charge in [0.25, 0.3) is 0 Å². The lowest BCUT2D eigenvalue weighted by molar-refractivity contribution is 0.233. The molecule has 3 heteroatoms. The smallest absolute Gasteiger partial charge is 0.126 e. The van der Waals surface area contributed by atoms with E-state index < -0.39 is 0 Å². The molecule has 1 fully saturated rings. The molecule has 1 aliphatic rings. The Morgan fingerprint density at radius 2 is 2.06 bits per heavy atom. The lowest BCUT2D eigenvalue weighted by atomic mass is 9.76. The highest BCUT2D eigenvalue weighted by Gasteiger charge is 2.26. The highest BCUT2D eigenvalue weighted by molar-refractivity contribution is 5.50. The third-order valence-corrected chi connectivity index (χ3v) is 3.91. The second-order valence-electron chi connectivity index (χ2n) is 5.65. The fourth-order valence-electron chi connectivity index (χ4n) is 2.55. The van der Waals surface area contributed by atoms with Gasteiger partial charge in [-0.25, -0.2) is 4.98 Å². The molecule has 0 amide bonds. The van der Waals surface area contributed by atoms with Crippen LogP contribution in [0.25, 0.3) is 0 Å². The van der Waals surface area contributed by atoms with Crippen molar-refractivity contribution in [3.05, 3.63) is 17.8 Å². The minimum Gasteiger partial charge on any atom is -0.397 e. The van der Waals surface area contributed by atoms with Gasteiger partial charge in [0.1, 0.15) is 5.82 Å². The van der Waals surface area contributed by atoms with Gasteiger partial charge in [-0.15, -0.1) is 0 Å². The zero-order chi connectivity index (χ0) is 12.3. The van der Waals surface area contributed by atoms with Crippen LogP contribution in [-0.2, 0) is 0 Å². The Bertz CT molecular complexity index is 381. The summed E-state index contributed by atoms with van der Waals surface area (Å²) >= 11 is 0. The van der Waals surface area contributed by atoms with Crippen molar-refractivity contribution in [2.45, 2.75) is 46.0 Å². The number of aromatic nitrogens is 1. The molecule has 2 rings (SSSR count). The summed E-state index contributed by atoms with van der Waals surface area (Å²) in [4.78, 5) is 4.32. The largest absolute Gasteiger partial charge is 0.397 e. The number of aryl methyl sites for hydroxylation is 1. The summed E-state index contributed by atoms with van der Waals surface area (Å²) in [6, 6.07) is 2.03. The van der Waals surface area contributed by atoms with E-state index >= 15 is 0 Å². The first-order valence-corrected chi connectivity index (χ1v) is 6.55. The first-order valence-electron chi connectivity index (χ1n) is 6.55. The second-order valence-corrected chi connectivity index (χ2v) is 5.65.